The van der Waals surface area contributed by atoms with Crippen LogP contribution in [0.3, 0.4) is 0 Å². The number of aromatic nitrogens is 1. The molecule has 0 spiro atoms. The molecule has 21 heavy (non-hydrogen) atoms. The molecule has 1 aromatic rings. The van der Waals surface area contributed by atoms with Gasteiger partial charge in [-0.1, -0.05) is 25.4 Å². The molecule has 1 N–H and O–H groups in total. The van der Waals surface area contributed by atoms with Gasteiger partial charge >= 0.3 is 5.97 Å². The van der Waals surface area contributed by atoms with Crippen molar-refractivity contribution in [3.63, 3.8) is 0 Å². The van der Waals surface area contributed by atoms with Crippen LogP contribution in [0.25, 0.3) is 0 Å². The molecule has 0 aliphatic heterocycles. The lowest BCUT2D eigenvalue weighted by atomic mass is 10.1. The third-order valence-electron chi connectivity index (χ3n) is 3.19. The van der Waals surface area contributed by atoms with E-state index in [0.29, 0.717) is 5.56 Å². The number of hydrogen-bond donors (Lipinski definition) is 1. The molecule has 0 fully saturated rings. The summed E-state index contributed by atoms with van der Waals surface area (Å²) >= 11 is 5.96. The lowest BCUT2D eigenvalue weighted by Gasteiger charge is -2.15. The summed E-state index contributed by atoms with van der Waals surface area (Å²) in [5.41, 5.74) is 1.61. The van der Waals surface area contributed by atoms with Crippen LogP contribution in [0.4, 0.5) is 0 Å². The van der Waals surface area contributed by atoms with Gasteiger partial charge in [0.15, 0.2) is 6.61 Å². The van der Waals surface area contributed by atoms with Gasteiger partial charge in [0.2, 0.25) is 0 Å². The van der Waals surface area contributed by atoms with Crippen molar-refractivity contribution in [2.75, 3.05) is 6.61 Å². The van der Waals surface area contributed by atoms with Crippen molar-refractivity contribution in [1.29, 1.82) is 0 Å². The maximum Gasteiger partial charge on any atom is 0.342 e. The minimum Gasteiger partial charge on any atom is -0.452 e. The fraction of sp³-hybridized carbons (Fsp3) is 0.533. The highest BCUT2D eigenvalue weighted by Crippen LogP contribution is 2.19. The molecular formula is C15H21ClN2O3. The monoisotopic (exact) mass is 312 g/mol. The van der Waals surface area contributed by atoms with Gasteiger partial charge in [-0.3, -0.25) is 4.79 Å². The Morgan fingerprint density at radius 2 is 1.95 bits per heavy atom. The third kappa shape index (κ3) is 5.01. The second-order valence-electron chi connectivity index (χ2n) is 4.90. The van der Waals surface area contributed by atoms with E-state index in [2.05, 4.69) is 10.3 Å². The van der Waals surface area contributed by atoms with E-state index in [1.165, 1.54) is 0 Å². The predicted octanol–water partition coefficient (Wildman–Crippen LogP) is 2.81. The molecule has 0 radical (unpaired) electrons. The number of carbonyl (C=O) groups is 2. The molecule has 0 aromatic carbocycles. The van der Waals surface area contributed by atoms with Crippen molar-refractivity contribution >= 4 is 23.5 Å². The molecule has 0 atom stereocenters. The van der Waals surface area contributed by atoms with Crippen LogP contribution in [0.2, 0.25) is 5.15 Å². The zero-order valence-electron chi connectivity index (χ0n) is 12.8. The number of halogens is 1. The minimum atomic E-state index is -0.635. The van der Waals surface area contributed by atoms with Crippen molar-refractivity contribution in [3.8, 4) is 0 Å². The van der Waals surface area contributed by atoms with Crippen LogP contribution in [-0.2, 0) is 9.53 Å². The fourth-order valence-electron chi connectivity index (χ4n) is 2.00. The van der Waals surface area contributed by atoms with Crippen molar-refractivity contribution in [1.82, 2.24) is 10.3 Å². The predicted molar refractivity (Wildman–Crippen MR) is 81.5 cm³/mol. The van der Waals surface area contributed by atoms with Crippen LogP contribution in [0.1, 0.15) is 48.3 Å². The standard InChI is InChI=1S/C15H21ClN2O3/c1-5-11(6-2)18-12(19)8-21-15(20)13-9(3)7-10(4)17-14(13)16/h7,11H,5-6,8H2,1-4H3,(H,18,19). The van der Waals surface area contributed by atoms with Gasteiger partial charge in [-0.15, -0.1) is 0 Å². The van der Waals surface area contributed by atoms with E-state index in [1.54, 1.807) is 19.9 Å². The maximum absolute atomic E-state index is 12.0. The molecule has 0 saturated carbocycles. The summed E-state index contributed by atoms with van der Waals surface area (Å²) in [6, 6.07) is 1.84. The number of nitrogens with zero attached hydrogens (tertiary/aromatic N) is 1. The highest BCUT2D eigenvalue weighted by atomic mass is 35.5. The van der Waals surface area contributed by atoms with Gasteiger partial charge in [0, 0.05) is 11.7 Å². The molecule has 0 bridgehead atoms. The summed E-state index contributed by atoms with van der Waals surface area (Å²) in [5, 5.41) is 2.89. The average Bonchev–Trinajstić information content (AvgIpc) is 2.41. The topological polar surface area (TPSA) is 68.3 Å². The molecule has 0 unspecified atom stereocenters. The number of pyridine rings is 1. The van der Waals surface area contributed by atoms with Crippen LogP contribution in [0.5, 0.6) is 0 Å². The Morgan fingerprint density at radius 3 is 2.48 bits per heavy atom. The Labute approximate surface area is 130 Å². The Morgan fingerprint density at radius 1 is 1.33 bits per heavy atom. The Kier molecular flexibility index (Phi) is 6.62. The highest BCUT2D eigenvalue weighted by Gasteiger charge is 2.18. The van der Waals surface area contributed by atoms with Gasteiger partial charge in [0.25, 0.3) is 5.91 Å². The van der Waals surface area contributed by atoms with Gasteiger partial charge in [-0.25, -0.2) is 9.78 Å². The average molecular weight is 313 g/mol. The zero-order valence-corrected chi connectivity index (χ0v) is 13.6. The van der Waals surface area contributed by atoms with E-state index in [4.69, 9.17) is 16.3 Å². The Bertz CT molecular complexity index is 505. The van der Waals surface area contributed by atoms with Gasteiger partial charge in [-0.05, 0) is 38.3 Å². The first-order chi connectivity index (χ1) is 9.88. The van der Waals surface area contributed by atoms with Gasteiger partial charge in [0.1, 0.15) is 5.15 Å². The lowest BCUT2D eigenvalue weighted by molar-refractivity contribution is -0.125. The molecule has 1 aromatic heterocycles. The van der Waals surface area contributed by atoms with Crippen LogP contribution in [-0.4, -0.2) is 29.5 Å². The normalized spacial score (nSPS) is 10.6. The van der Waals surface area contributed by atoms with Gasteiger partial charge in [-0.2, -0.15) is 0 Å². The quantitative estimate of drug-likeness (QED) is 0.648. The molecule has 1 amide bonds. The molecule has 0 aliphatic carbocycles. The molecule has 0 aliphatic rings. The lowest BCUT2D eigenvalue weighted by Crippen LogP contribution is -2.37. The number of carbonyl (C=O) groups excluding carboxylic acids is 2. The summed E-state index contributed by atoms with van der Waals surface area (Å²) < 4.78 is 5.01. The molecule has 5 nitrogen and oxygen atoms in total. The number of hydrogen-bond acceptors (Lipinski definition) is 4. The number of amides is 1. The molecular weight excluding hydrogens is 292 g/mol. The smallest absolute Gasteiger partial charge is 0.342 e. The van der Waals surface area contributed by atoms with Gasteiger partial charge in [0.05, 0.1) is 5.56 Å². The van der Waals surface area contributed by atoms with Crippen molar-refractivity contribution < 1.29 is 14.3 Å². The number of aryl methyl sites for hydroxylation is 2. The summed E-state index contributed by atoms with van der Waals surface area (Å²) in [5.74, 6) is -0.949. The minimum absolute atomic E-state index is 0.0953. The second-order valence-corrected chi connectivity index (χ2v) is 5.26. The first-order valence-corrected chi connectivity index (χ1v) is 7.37. The molecule has 1 rings (SSSR count). The maximum atomic E-state index is 12.0. The van der Waals surface area contributed by atoms with Crippen molar-refractivity contribution in [3.05, 3.63) is 28.0 Å². The van der Waals surface area contributed by atoms with Crippen LogP contribution in [0, 0.1) is 13.8 Å². The van der Waals surface area contributed by atoms with E-state index in [-0.39, 0.29) is 29.3 Å². The number of esters is 1. The molecule has 1 heterocycles. The van der Waals surface area contributed by atoms with Crippen LogP contribution >= 0.6 is 11.6 Å². The van der Waals surface area contributed by atoms with E-state index in [1.807, 2.05) is 13.8 Å². The fourth-order valence-corrected chi connectivity index (χ4v) is 2.36. The van der Waals surface area contributed by atoms with Crippen LogP contribution in [0.15, 0.2) is 6.07 Å². The second kappa shape index (κ2) is 7.98. The van der Waals surface area contributed by atoms with E-state index < -0.39 is 5.97 Å². The number of nitrogens with one attached hydrogen (secondary N) is 1. The highest BCUT2D eigenvalue weighted by molar-refractivity contribution is 6.32. The summed E-state index contributed by atoms with van der Waals surface area (Å²) in [6.07, 6.45) is 1.67. The Balaban J connectivity index is 2.65. The van der Waals surface area contributed by atoms with E-state index in [0.717, 1.165) is 18.5 Å². The Hall–Kier alpha value is -1.62. The van der Waals surface area contributed by atoms with Crippen molar-refractivity contribution in [2.24, 2.45) is 0 Å². The number of ether oxygens (including phenoxy) is 1. The summed E-state index contributed by atoms with van der Waals surface area (Å²) in [4.78, 5) is 27.7. The van der Waals surface area contributed by atoms with E-state index in [9.17, 15) is 9.59 Å². The van der Waals surface area contributed by atoms with E-state index >= 15 is 0 Å². The first-order valence-electron chi connectivity index (χ1n) is 6.99. The largest absolute Gasteiger partial charge is 0.452 e. The van der Waals surface area contributed by atoms with Crippen LogP contribution < -0.4 is 5.32 Å². The SMILES string of the molecule is CCC(CC)NC(=O)COC(=O)c1c(C)cc(C)nc1Cl. The molecule has 6 heteroatoms. The summed E-state index contributed by atoms with van der Waals surface area (Å²) in [7, 11) is 0. The summed E-state index contributed by atoms with van der Waals surface area (Å²) in [6.45, 7) is 7.20. The van der Waals surface area contributed by atoms with Crippen molar-refractivity contribution in [2.45, 2.75) is 46.6 Å². The van der Waals surface area contributed by atoms with Gasteiger partial charge < -0.3 is 10.1 Å². The first kappa shape index (κ1) is 17.4. The molecule has 116 valence electrons. The third-order valence-corrected chi connectivity index (χ3v) is 3.46. The zero-order chi connectivity index (χ0) is 16.0. The molecule has 0 saturated heterocycles. The number of rotatable bonds is 6.